The number of piperidine rings is 1. The lowest BCUT2D eigenvalue weighted by Crippen LogP contribution is -2.45. The molecule has 2 heterocycles. The highest BCUT2D eigenvalue weighted by Crippen LogP contribution is 2.26. The summed E-state index contributed by atoms with van der Waals surface area (Å²) in [5, 5.41) is 7.94. The number of hydrogen-bond acceptors (Lipinski definition) is 5. The Morgan fingerprint density at radius 3 is 2.27 bits per heavy atom. The van der Waals surface area contributed by atoms with E-state index in [2.05, 4.69) is 10.2 Å². The smallest absolute Gasteiger partial charge is 0.247 e. The predicted octanol–water partition coefficient (Wildman–Crippen LogP) is 4.47. The number of likely N-dealkylation sites (tertiary alicyclic amines) is 1. The summed E-state index contributed by atoms with van der Waals surface area (Å²) >= 11 is 0. The molecule has 0 unspecified atom stereocenters. The number of carbonyl (C=O) groups is 2. The normalized spacial score (nSPS) is 14.5. The van der Waals surface area contributed by atoms with Crippen LogP contribution in [0.3, 0.4) is 0 Å². The maximum atomic E-state index is 13.6. The largest absolute Gasteiger partial charge is 0.421 e. The van der Waals surface area contributed by atoms with Crippen molar-refractivity contribution in [1.82, 2.24) is 15.1 Å². The van der Waals surface area contributed by atoms with Gasteiger partial charge in [0.05, 0.1) is 6.54 Å². The van der Waals surface area contributed by atoms with Crippen LogP contribution in [0.25, 0.3) is 11.5 Å². The molecule has 7 nitrogen and oxygen atoms in total. The Balaban J connectivity index is 1.49. The highest BCUT2D eigenvalue weighted by atomic mass is 16.4. The van der Waals surface area contributed by atoms with E-state index in [-0.39, 0.29) is 23.7 Å². The molecule has 3 aromatic rings. The lowest BCUT2D eigenvalue weighted by molar-refractivity contribution is -0.137. The zero-order valence-corrected chi connectivity index (χ0v) is 19.4. The van der Waals surface area contributed by atoms with E-state index in [0.29, 0.717) is 44.3 Å². The quantitative estimate of drug-likeness (QED) is 0.558. The first-order valence-corrected chi connectivity index (χ1v) is 11.5. The average Bonchev–Trinajstić information content (AvgIpc) is 3.29. The van der Waals surface area contributed by atoms with E-state index in [1.807, 2.05) is 78.2 Å². The topological polar surface area (TPSA) is 79.5 Å². The maximum absolute atomic E-state index is 13.6. The fourth-order valence-corrected chi connectivity index (χ4v) is 4.19. The molecule has 0 radical (unpaired) electrons. The first-order valence-electron chi connectivity index (χ1n) is 11.5. The van der Waals surface area contributed by atoms with Crippen molar-refractivity contribution in [1.29, 1.82) is 0 Å². The van der Waals surface area contributed by atoms with Crippen LogP contribution < -0.4 is 4.90 Å². The monoisotopic (exact) mass is 446 g/mol. The van der Waals surface area contributed by atoms with Gasteiger partial charge in [0.15, 0.2) is 0 Å². The minimum Gasteiger partial charge on any atom is -0.421 e. The third-order valence-electron chi connectivity index (χ3n) is 6.05. The van der Waals surface area contributed by atoms with Crippen molar-refractivity contribution in [2.45, 2.75) is 40.2 Å². The molecule has 1 saturated heterocycles. The van der Waals surface area contributed by atoms with Crippen molar-refractivity contribution in [3.8, 4) is 11.5 Å². The Morgan fingerprint density at radius 2 is 1.70 bits per heavy atom. The van der Waals surface area contributed by atoms with E-state index in [0.717, 1.165) is 16.8 Å². The molecule has 0 aliphatic carbocycles. The van der Waals surface area contributed by atoms with Gasteiger partial charge in [-0.25, -0.2) is 0 Å². The van der Waals surface area contributed by atoms with Crippen molar-refractivity contribution in [2.24, 2.45) is 11.8 Å². The summed E-state index contributed by atoms with van der Waals surface area (Å²) in [4.78, 5) is 29.7. The molecule has 2 aromatic carbocycles. The molecule has 1 aromatic heterocycles. The van der Waals surface area contributed by atoms with Gasteiger partial charge in [-0.2, -0.15) is 0 Å². The Morgan fingerprint density at radius 1 is 1.03 bits per heavy atom. The molecule has 1 aliphatic heterocycles. The summed E-state index contributed by atoms with van der Waals surface area (Å²) in [6, 6.07) is 17.6. The minimum absolute atomic E-state index is 0.0166. The summed E-state index contributed by atoms with van der Waals surface area (Å²) < 4.78 is 5.50. The van der Waals surface area contributed by atoms with Crippen LogP contribution in [0.1, 0.15) is 38.1 Å². The highest BCUT2D eigenvalue weighted by Gasteiger charge is 2.31. The summed E-state index contributed by atoms with van der Waals surface area (Å²) in [6.45, 7) is 7.33. The fourth-order valence-electron chi connectivity index (χ4n) is 4.19. The summed E-state index contributed by atoms with van der Waals surface area (Å²) in [7, 11) is 0. The first-order chi connectivity index (χ1) is 15.9. The zero-order valence-electron chi connectivity index (χ0n) is 19.4. The number of para-hydroxylation sites is 1. The van der Waals surface area contributed by atoms with Crippen LogP contribution in [0.15, 0.2) is 59.0 Å². The van der Waals surface area contributed by atoms with Crippen LogP contribution in [0.5, 0.6) is 0 Å². The van der Waals surface area contributed by atoms with Gasteiger partial charge in [-0.05, 0) is 42.7 Å². The minimum atomic E-state index is -0.0953. The Labute approximate surface area is 194 Å². The third-order valence-corrected chi connectivity index (χ3v) is 6.05. The Hall–Kier alpha value is -3.48. The number of anilines is 1. The second-order valence-electron chi connectivity index (χ2n) is 8.84. The van der Waals surface area contributed by atoms with Gasteiger partial charge >= 0.3 is 0 Å². The highest BCUT2D eigenvalue weighted by molar-refractivity contribution is 5.95. The summed E-state index contributed by atoms with van der Waals surface area (Å²) in [5.74, 6) is 1.17. The average molecular weight is 447 g/mol. The van der Waals surface area contributed by atoms with Crippen LogP contribution in [0, 0.1) is 18.8 Å². The number of aryl methyl sites for hydroxylation is 1. The molecule has 0 bridgehead atoms. The van der Waals surface area contributed by atoms with E-state index >= 15 is 0 Å². The van der Waals surface area contributed by atoms with Crippen molar-refractivity contribution < 1.29 is 14.0 Å². The van der Waals surface area contributed by atoms with Crippen LogP contribution >= 0.6 is 0 Å². The second-order valence-corrected chi connectivity index (χ2v) is 8.84. The van der Waals surface area contributed by atoms with Gasteiger partial charge in [0.25, 0.3) is 0 Å². The summed E-state index contributed by atoms with van der Waals surface area (Å²) in [6.07, 6.45) is 1.38. The molecule has 4 rings (SSSR count). The molecule has 0 N–H and O–H groups in total. The van der Waals surface area contributed by atoms with Crippen molar-refractivity contribution in [3.05, 3.63) is 66.1 Å². The van der Waals surface area contributed by atoms with Gasteiger partial charge in [-0.3, -0.25) is 9.59 Å². The van der Waals surface area contributed by atoms with E-state index in [4.69, 9.17) is 4.42 Å². The van der Waals surface area contributed by atoms with E-state index in [1.54, 1.807) is 6.92 Å². The van der Waals surface area contributed by atoms with E-state index in [1.165, 1.54) is 0 Å². The molecule has 33 heavy (non-hydrogen) atoms. The van der Waals surface area contributed by atoms with Crippen molar-refractivity contribution >= 4 is 17.5 Å². The lowest BCUT2D eigenvalue weighted by atomic mass is 9.94. The van der Waals surface area contributed by atoms with Gasteiger partial charge in [0.1, 0.15) is 0 Å². The third kappa shape index (κ3) is 5.30. The molecule has 1 fully saturated rings. The van der Waals surface area contributed by atoms with Gasteiger partial charge in [0, 0.05) is 43.1 Å². The first kappa shape index (κ1) is 22.7. The molecule has 7 heteroatoms. The Kier molecular flexibility index (Phi) is 6.87. The molecular formula is C26H30N4O3. The number of rotatable bonds is 6. The van der Waals surface area contributed by atoms with Gasteiger partial charge in [0.2, 0.25) is 23.6 Å². The van der Waals surface area contributed by atoms with Crippen LogP contribution in [-0.4, -0.2) is 40.0 Å². The second kappa shape index (κ2) is 9.98. The SMILES string of the molecule is Cc1nnc(-c2ccc(CN(C(=O)C3CCN(C(=O)C(C)C)CC3)c3ccccc3)cc2)o1. The molecule has 0 spiro atoms. The zero-order chi connectivity index (χ0) is 23.4. The van der Waals surface area contributed by atoms with Gasteiger partial charge < -0.3 is 14.2 Å². The maximum Gasteiger partial charge on any atom is 0.247 e. The molecule has 0 atom stereocenters. The van der Waals surface area contributed by atoms with Crippen molar-refractivity contribution in [2.75, 3.05) is 18.0 Å². The fraction of sp³-hybridized carbons (Fsp3) is 0.385. The standard InChI is InChI=1S/C26H30N4O3/c1-18(2)25(31)29-15-13-22(14-16-29)26(32)30(23-7-5-4-6-8-23)17-20-9-11-21(12-10-20)24-28-27-19(3)33-24/h4-12,18,22H,13-17H2,1-3H3. The molecule has 2 amide bonds. The molecule has 0 saturated carbocycles. The van der Waals surface area contributed by atoms with Crippen LogP contribution in [0.4, 0.5) is 5.69 Å². The number of benzene rings is 2. The van der Waals surface area contributed by atoms with Crippen LogP contribution in [0.2, 0.25) is 0 Å². The lowest BCUT2D eigenvalue weighted by Gasteiger charge is -2.35. The number of carbonyl (C=O) groups excluding carboxylic acids is 2. The van der Waals surface area contributed by atoms with E-state index in [9.17, 15) is 9.59 Å². The molecular weight excluding hydrogens is 416 g/mol. The van der Waals surface area contributed by atoms with Crippen LogP contribution in [-0.2, 0) is 16.1 Å². The van der Waals surface area contributed by atoms with Gasteiger partial charge in [-0.1, -0.05) is 44.2 Å². The molecule has 1 aliphatic rings. The predicted molar refractivity (Wildman–Crippen MR) is 126 cm³/mol. The number of amides is 2. The van der Waals surface area contributed by atoms with Crippen molar-refractivity contribution in [3.63, 3.8) is 0 Å². The van der Waals surface area contributed by atoms with Gasteiger partial charge in [-0.15, -0.1) is 10.2 Å². The number of aromatic nitrogens is 2. The Bertz CT molecular complexity index is 1080. The number of hydrogen-bond donors (Lipinski definition) is 0. The summed E-state index contributed by atoms with van der Waals surface area (Å²) in [5.41, 5.74) is 2.73. The van der Waals surface area contributed by atoms with E-state index < -0.39 is 0 Å². The molecule has 172 valence electrons. The number of nitrogens with zero attached hydrogens (tertiary/aromatic N) is 4.